The summed E-state index contributed by atoms with van der Waals surface area (Å²) < 4.78 is 0. The van der Waals surface area contributed by atoms with Gasteiger partial charge >= 0.3 is 6.03 Å². The van der Waals surface area contributed by atoms with E-state index in [1.165, 1.54) is 6.42 Å². The van der Waals surface area contributed by atoms with Gasteiger partial charge in [-0.05, 0) is 32.2 Å². The summed E-state index contributed by atoms with van der Waals surface area (Å²) in [4.78, 5) is 43.1. The van der Waals surface area contributed by atoms with Gasteiger partial charge in [0.2, 0.25) is 11.8 Å². The molecule has 0 aromatic carbocycles. The summed E-state index contributed by atoms with van der Waals surface area (Å²) in [6, 6.07) is -0.00499. The molecule has 7 heteroatoms. The maximum absolute atomic E-state index is 12.8. The Balaban J connectivity index is 1.42. The van der Waals surface area contributed by atoms with E-state index in [1.807, 2.05) is 4.90 Å². The first-order valence-electron chi connectivity index (χ1n) is 9.27. The standard InChI is InChI=1S/C17H26N4O3/c22-15(20-9-8-19-7-3-4-12(19)10-20)11-21-14-6-2-1-5-13(14)16(23)18-17(21)24/h12-14H,1-11H2,(H,18,23,24). The summed E-state index contributed by atoms with van der Waals surface area (Å²) in [7, 11) is 0. The molecule has 0 radical (unpaired) electrons. The van der Waals surface area contributed by atoms with E-state index < -0.39 is 6.03 Å². The highest BCUT2D eigenvalue weighted by Crippen LogP contribution is 2.31. The molecular weight excluding hydrogens is 308 g/mol. The van der Waals surface area contributed by atoms with Crippen LogP contribution in [0.4, 0.5) is 4.79 Å². The molecule has 132 valence electrons. The number of urea groups is 1. The van der Waals surface area contributed by atoms with Crippen LogP contribution in [-0.2, 0) is 9.59 Å². The first-order chi connectivity index (χ1) is 11.6. The molecule has 24 heavy (non-hydrogen) atoms. The fraction of sp³-hybridized carbons (Fsp3) is 0.824. The van der Waals surface area contributed by atoms with Crippen LogP contribution in [0.25, 0.3) is 0 Å². The van der Waals surface area contributed by atoms with Crippen LogP contribution in [0.2, 0.25) is 0 Å². The minimum absolute atomic E-state index is 0.0235. The lowest BCUT2D eigenvalue weighted by atomic mass is 9.81. The van der Waals surface area contributed by atoms with Crippen molar-refractivity contribution in [1.82, 2.24) is 20.0 Å². The first-order valence-corrected chi connectivity index (χ1v) is 9.27. The fourth-order valence-electron chi connectivity index (χ4n) is 4.86. The smallest absolute Gasteiger partial charge is 0.324 e. The van der Waals surface area contributed by atoms with Crippen molar-refractivity contribution in [2.24, 2.45) is 5.92 Å². The molecule has 1 aliphatic carbocycles. The van der Waals surface area contributed by atoms with Gasteiger partial charge in [0, 0.05) is 31.7 Å². The van der Waals surface area contributed by atoms with E-state index in [0.29, 0.717) is 6.04 Å². The molecular formula is C17H26N4O3. The van der Waals surface area contributed by atoms with Crippen molar-refractivity contribution in [3.05, 3.63) is 0 Å². The number of hydrogen-bond donors (Lipinski definition) is 1. The predicted octanol–water partition coefficient (Wildman–Crippen LogP) is 0.404. The maximum atomic E-state index is 12.8. The minimum Gasteiger partial charge on any atom is -0.338 e. The van der Waals surface area contributed by atoms with Crippen molar-refractivity contribution >= 4 is 17.8 Å². The molecule has 4 fully saturated rings. The molecule has 0 bridgehead atoms. The number of nitrogens with zero attached hydrogens (tertiary/aromatic N) is 3. The number of rotatable bonds is 2. The van der Waals surface area contributed by atoms with E-state index >= 15 is 0 Å². The fourth-order valence-corrected chi connectivity index (χ4v) is 4.86. The summed E-state index contributed by atoms with van der Waals surface area (Å²) in [5, 5.41) is 2.44. The average Bonchev–Trinajstić information content (AvgIpc) is 3.06. The van der Waals surface area contributed by atoms with Crippen LogP contribution in [0, 0.1) is 5.92 Å². The van der Waals surface area contributed by atoms with Crippen LogP contribution < -0.4 is 5.32 Å². The van der Waals surface area contributed by atoms with E-state index in [2.05, 4.69) is 10.2 Å². The van der Waals surface area contributed by atoms with Crippen LogP contribution in [0.15, 0.2) is 0 Å². The number of nitrogens with one attached hydrogen (secondary N) is 1. The van der Waals surface area contributed by atoms with Crippen molar-refractivity contribution in [3.63, 3.8) is 0 Å². The Morgan fingerprint density at radius 2 is 1.88 bits per heavy atom. The Morgan fingerprint density at radius 3 is 2.75 bits per heavy atom. The Labute approximate surface area is 142 Å². The molecule has 0 spiro atoms. The third-order valence-corrected chi connectivity index (χ3v) is 6.20. The first kappa shape index (κ1) is 15.9. The Kier molecular flexibility index (Phi) is 4.20. The molecule has 1 N–H and O–H groups in total. The zero-order chi connectivity index (χ0) is 16.7. The zero-order valence-corrected chi connectivity index (χ0v) is 14.1. The van der Waals surface area contributed by atoms with Gasteiger partial charge in [-0.25, -0.2) is 4.79 Å². The van der Waals surface area contributed by atoms with Gasteiger partial charge in [-0.1, -0.05) is 12.8 Å². The predicted molar refractivity (Wildman–Crippen MR) is 87.2 cm³/mol. The van der Waals surface area contributed by atoms with Gasteiger partial charge in [-0.2, -0.15) is 0 Å². The Morgan fingerprint density at radius 1 is 1.04 bits per heavy atom. The van der Waals surface area contributed by atoms with Crippen LogP contribution >= 0.6 is 0 Å². The van der Waals surface area contributed by atoms with Crippen molar-refractivity contribution in [1.29, 1.82) is 0 Å². The molecule has 3 unspecified atom stereocenters. The van der Waals surface area contributed by atoms with Crippen LogP contribution in [0.1, 0.15) is 38.5 Å². The topological polar surface area (TPSA) is 73.0 Å². The monoisotopic (exact) mass is 334 g/mol. The second kappa shape index (κ2) is 6.35. The van der Waals surface area contributed by atoms with Crippen molar-refractivity contribution in [3.8, 4) is 0 Å². The molecule has 4 rings (SSSR count). The number of fused-ring (bicyclic) bond motifs is 2. The van der Waals surface area contributed by atoms with Crippen LogP contribution in [-0.4, -0.2) is 77.4 Å². The molecule has 1 saturated carbocycles. The van der Waals surface area contributed by atoms with Crippen LogP contribution in [0.3, 0.4) is 0 Å². The highest BCUT2D eigenvalue weighted by Gasteiger charge is 2.43. The summed E-state index contributed by atoms with van der Waals surface area (Å²) in [6.45, 7) is 3.71. The molecule has 3 aliphatic heterocycles. The third-order valence-electron chi connectivity index (χ3n) is 6.20. The quantitative estimate of drug-likeness (QED) is 0.794. The molecule has 4 aliphatic rings. The van der Waals surface area contributed by atoms with E-state index in [1.54, 1.807) is 4.90 Å². The molecule has 3 heterocycles. The second-order valence-electron chi connectivity index (χ2n) is 7.55. The van der Waals surface area contributed by atoms with Gasteiger partial charge in [-0.15, -0.1) is 0 Å². The molecule has 0 aromatic rings. The van der Waals surface area contributed by atoms with E-state index in [-0.39, 0.29) is 30.3 Å². The molecule has 4 amide bonds. The number of imide groups is 1. The Hall–Kier alpha value is -1.63. The highest BCUT2D eigenvalue weighted by atomic mass is 16.2. The van der Waals surface area contributed by atoms with E-state index in [0.717, 1.165) is 58.3 Å². The number of hydrogen-bond acceptors (Lipinski definition) is 4. The normalized spacial score (nSPS) is 33.9. The average molecular weight is 334 g/mol. The lowest BCUT2D eigenvalue weighted by molar-refractivity contribution is -0.138. The number of carbonyl (C=O) groups excluding carboxylic acids is 3. The van der Waals surface area contributed by atoms with Gasteiger partial charge in [0.1, 0.15) is 6.54 Å². The molecule has 0 aromatic heterocycles. The second-order valence-corrected chi connectivity index (χ2v) is 7.55. The van der Waals surface area contributed by atoms with Gasteiger partial charge in [0.05, 0.1) is 5.92 Å². The molecule has 7 nitrogen and oxygen atoms in total. The van der Waals surface area contributed by atoms with Gasteiger partial charge in [0.15, 0.2) is 0 Å². The number of carbonyl (C=O) groups is 3. The minimum atomic E-state index is -0.393. The van der Waals surface area contributed by atoms with Crippen molar-refractivity contribution in [2.75, 3.05) is 32.7 Å². The van der Waals surface area contributed by atoms with Gasteiger partial charge in [-0.3, -0.25) is 19.8 Å². The van der Waals surface area contributed by atoms with E-state index in [9.17, 15) is 14.4 Å². The SMILES string of the molecule is O=C1NC(=O)N(CC(=O)N2CCN3CCCC3C2)C2CCCCC12. The highest BCUT2D eigenvalue weighted by molar-refractivity contribution is 6.00. The van der Waals surface area contributed by atoms with Crippen molar-refractivity contribution < 1.29 is 14.4 Å². The maximum Gasteiger partial charge on any atom is 0.324 e. The largest absolute Gasteiger partial charge is 0.338 e. The summed E-state index contributed by atoms with van der Waals surface area (Å²) in [5.41, 5.74) is 0. The summed E-state index contributed by atoms with van der Waals surface area (Å²) in [5.74, 6) is -0.278. The summed E-state index contributed by atoms with van der Waals surface area (Å²) >= 11 is 0. The lowest BCUT2D eigenvalue weighted by Crippen LogP contribution is -2.63. The third kappa shape index (κ3) is 2.79. The van der Waals surface area contributed by atoms with E-state index in [4.69, 9.17) is 0 Å². The number of amides is 4. The van der Waals surface area contributed by atoms with Gasteiger partial charge in [0.25, 0.3) is 0 Å². The molecule has 3 atom stereocenters. The van der Waals surface area contributed by atoms with Gasteiger partial charge < -0.3 is 9.80 Å². The van der Waals surface area contributed by atoms with Crippen LogP contribution in [0.5, 0.6) is 0 Å². The Bertz CT molecular complexity index is 552. The summed E-state index contributed by atoms with van der Waals surface area (Å²) in [6.07, 6.45) is 6.06. The lowest BCUT2D eigenvalue weighted by Gasteiger charge is -2.44. The zero-order valence-electron chi connectivity index (χ0n) is 14.1. The molecule has 3 saturated heterocycles. The van der Waals surface area contributed by atoms with Crippen molar-refractivity contribution in [2.45, 2.75) is 50.6 Å². The number of piperazine rings is 1.